The van der Waals surface area contributed by atoms with E-state index in [9.17, 15) is 19.2 Å². The normalized spacial score (nSPS) is 11.6. The number of benzene rings is 1. The lowest BCUT2D eigenvalue weighted by Crippen LogP contribution is -2.49. The van der Waals surface area contributed by atoms with E-state index in [1.165, 1.54) is 0 Å². The third-order valence-electron chi connectivity index (χ3n) is 7.50. The fourth-order valence-electron chi connectivity index (χ4n) is 4.54. The molecule has 0 aromatic heterocycles. The summed E-state index contributed by atoms with van der Waals surface area (Å²) in [6.45, 7) is 10.6. The molecule has 4 N–H and O–H groups in total. The summed E-state index contributed by atoms with van der Waals surface area (Å²) in [6, 6.07) is 8.22. The predicted octanol–water partition coefficient (Wildman–Crippen LogP) is 0.616. The third kappa shape index (κ3) is 34.5. The minimum Gasteiger partial charge on any atom is -0.445 e. The van der Waals surface area contributed by atoms with Crippen molar-refractivity contribution in [2.45, 2.75) is 38.8 Å². The van der Waals surface area contributed by atoms with Gasteiger partial charge in [0.2, 0.25) is 17.7 Å². The van der Waals surface area contributed by atoms with E-state index in [1.807, 2.05) is 30.3 Å². The van der Waals surface area contributed by atoms with Crippen LogP contribution in [0, 0.1) is 0 Å². The van der Waals surface area contributed by atoms with Crippen LogP contribution in [0.5, 0.6) is 0 Å². The first kappa shape index (κ1) is 52.5. The van der Waals surface area contributed by atoms with Gasteiger partial charge >= 0.3 is 6.09 Å². The topological polar surface area (TPSA) is 218 Å². The number of amides is 4. The molecule has 334 valence electrons. The van der Waals surface area contributed by atoms with E-state index in [1.54, 1.807) is 14.0 Å². The van der Waals surface area contributed by atoms with Gasteiger partial charge in [-0.2, -0.15) is 0 Å². The second-order valence-electron chi connectivity index (χ2n) is 12.2. The lowest BCUT2D eigenvalue weighted by molar-refractivity contribution is -0.127. The molecule has 1 aromatic rings. The summed E-state index contributed by atoms with van der Waals surface area (Å²) in [5, 5.41) is 10.5. The minimum atomic E-state index is -0.920. The Bertz CT molecular complexity index is 1140. The van der Waals surface area contributed by atoms with Crippen LogP contribution in [-0.4, -0.2) is 182 Å². The second kappa shape index (κ2) is 40.3. The number of carbonyl (C=O) groups is 4. The molecule has 0 heterocycles. The standard InChI is InChI=1S/C39H68N4O15/c1-3-40-36(44)31-42-38(46)35(43-39(47)58-32-34-9-5-4-6-10-34)11-7-8-12-41-37(45)33-57-30-29-56-28-27-55-26-25-54-24-23-53-22-21-52-20-19-51-18-17-50-16-15-49-14-13-48-2/h4-6,9-10,35H,3,7-8,11-33H2,1-2H3,(H,40,44)(H,41,45)(H,42,46)(H,43,47)/t35-/m0/s1. The van der Waals surface area contributed by atoms with Crippen molar-refractivity contribution in [3.05, 3.63) is 35.9 Å². The fraction of sp³-hybridized carbons (Fsp3) is 0.744. The number of hydrogen-bond acceptors (Lipinski definition) is 15. The van der Waals surface area contributed by atoms with Gasteiger partial charge in [-0.1, -0.05) is 30.3 Å². The molecule has 1 atom stereocenters. The molecule has 0 radical (unpaired) electrons. The van der Waals surface area contributed by atoms with Gasteiger partial charge in [-0.05, 0) is 31.7 Å². The van der Waals surface area contributed by atoms with Crippen molar-refractivity contribution in [2.75, 3.05) is 152 Å². The number of nitrogens with one attached hydrogen (secondary N) is 4. The van der Waals surface area contributed by atoms with Crippen molar-refractivity contribution < 1.29 is 71.3 Å². The molecule has 0 aliphatic carbocycles. The molecule has 19 heteroatoms. The molecule has 0 aliphatic rings. The zero-order chi connectivity index (χ0) is 42.0. The smallest absolute Gasteiger partial charge is 0.408 e. The maximum atomic E-state index is 12.7. The molecule has 4 amide bonds. The Morgan fingerprint density at radius 2 is 1.02 bits per heavy atom. The Balaban J connectivity index is 1.93. The van der Waals surface area contributed by atoms with Crippen molar-refractivity contribution in [3.8, 4) is 0 Å². The van der Waals surface area contributed by atoms with Crippen LogP contribution in [0.15, 0.2) is 30.3 Å². The monoisotopic (exact) mass is 832 g/mol. The number of ether oxygens (including phenoxy) is 11. The number of hydrogen-bond donors (Lipinski definition) is 4. The Kier molecular flexibility index (Phi) is 36.5. The average Bonchev–Trinajstić information content (AvgIpc) is 3.23. The van der Waals surface area contributed by atoms with E-state index in [0.29, 0.717) is 138 Å². The Hall–Kier alpha value is -3.50. The van der Waals surface area contributed by atoms with Crippen LogP contribution in [0.4, 0.5) is 4.79 Å². The van der Waals surface area contributed by atoms with E-state index in [-0.39, 0.29) is 44.6 Å². The van der Waals surface area contributed by atoms with Gasteiger partial charge in [-0.15, -0.1) is 0 Å². The summed E-state index contributed by atoms with van der Waals surface area (Å²) < 4.78 is 59.0. The first-order chi connectivity index (χ1) is 28.5. The largest absolute Gasteiger partial charge is 0.445 e. The first-order valence-corrected chi connectivity index (χ1v) is 19.9. The molecule has 1 rings (SSSR count). The summed E-state index contributed by atoms with van der Waals surface area (Å²) in [6.07, 6.45) is 0.584. The molecule has 58 heavy (non-hydrogen) atoms. The van der Waals surface area contributed by atoms with Crippen LogP contribution < -0.4 is 21.3 Å². The van der Waals surface area contributed by atoms with E-state index in [0.717, 1.165) is 5.56 Å². The van der Waals surface area contributed by atoms with Crippen LogP contribution in [0.2, 0.25) is 0 Å². The molecule has 0 fully saturated rings. The van der Waals surface area contributed by atoms with E-state index in [2.05, 4.69) is 21.3 Å². The number of unbranched alkanes of at least 4 members (excludes halogenated alkanes) is 1. The van der Waals surface area contributed by atoms with Gasteiger partial charge in [0.25, 0.3) is 0 Å². The second-order valence-corrected chi connectivity index (χ2v) is 12.2. The zero-order valence-corrected chi connectivity index (χ0v) is 34.5. The molecule has 0 aliphatic heterocycles. The predicted molar refractivity (Wildman–Crippen MR) is 211 cm³/mol. The lowest BCUT2D eigenvalue weighted by atomic mass is 10.1. The molecule has 0 spiro atoms. The molecule has 19 nitrogen and oxygen atoms in total. The van der Waals surface area contributed by atoms with Crippen LogP contribution in [-0.2, 0) is 73.1 Å². The van der Waals surface area contributed by atoms with E-state index < -0.39 is 18.0 Å². The average molecular weight is 833 g/mol. The Morgan fingerprint density at radius 3 is 1.48 bits per heavy atom. The van der Waals surface area contributed by atoms with Crippen LogP contribution in [0.25, 0.3) is 0 Å². The van der Waals surface area contributed by atoms with Gasteiger partial charge < -0.3 is 73.4 Å². The molecule has 0 bridgehead atoms. The number of rotatable bonds is 41. The van der Waals surface area contributed by atoms with Crippen molar-refractivity contribution in [2.24, 2.45) is 0 Å². The van der Waals surface area contributed by atoms with Crippen LogP contribution in [0.1, 0.15) is 31.7 Å². The summed E-state index contributed by atoms with van der Waals surface area (Å²) in [7, 11) is 1.63. The third-order valence-corrected chi connectivity index (χ3v) is 7.50. The van der Waals surface area contributed by atoms with Gasteiger partial charge in [0.15, 0.2) is 0 Å². The number of methoxy groups -OCH3 is 1. The molecule has 0 saturated heterocycles. The van der Waals surface area contributed by atoms with Gasteiger partial charge in [0.1, 0.15) is 19.3 Å². The SMILES string of the molecule is CCNC(=O)CNC(=O)[C@H](CCCCNC(=O)COCCOCCOCCOCCOCCOCCOCCOCCOCCOC)NC(=O)OCc1ccccc1. The molecule has 0 saturated carbocycles. The van der Waals surface area contributed by atoms with Gasteiger partial charge in [0, 0.05) is 20.2 Å². The molecular formula is C39H68N4O15. The minimum absolute atomic E-state index is 0.0473. The van der Waals surface area contributed by atoms with E-state index >= 15 is 0 Å². The maximum absolute atomic E-state index is 12.7. The Morgan fingerprint density at radius 1 is 0.552 bits per heavy atom. The van der Waals surface area contributed by atoms with Crippen molar-refractivity contribution in [3.63, 3.8) is 0 Å². The van der Waals surface area contributed by atoms with Crippen LogP contribution in [0.3, 0.4) is 0 Å². The zero-order valence-electron chi connectivity index (χ0n) is 34.5. The molecular weight excluding hydrogens is 764 g/mol. The quantitative estimate of drug-likeness (QED) is 0.0665. The maximum Gasteiger partial charge on any atom is 0.408 e. The number of carbonyl (C=O) groups excluding carboxylic acids is 4. The summed E-state index contributed by atoms with van der Waals surface area (Å²) >= 11 is 0. The highest BCUT2D eigenvalue weighted by molar-refractivity contribution is 5.89. The highest BCUT2D eigenvalue weighted by Crippen LogP contribution is 2.04. The van der Waals surface area contributed by atoms with E-state index in [4.69, 9.17) is 52.1 Å². The van der Waals surface area contributed by atoms with Gasteiger partial charge in [0.05, 0.1) is 125 Å². The van der Waals surface area contributed by atoms with Gasteiger partial charge in [-0.3, -0.25) is 14.4 Å². The lowest BCUT2D eigenvalue weighted by Gasteiger charge is -2.18. The highest BCUT2D eigenvalue weighted by Gasteiger charge is 2.22. The summed E-state index contributed by atoms with van der Waals surface area (Å²) in [5.41, 5.74) is 0.803. The summed E-state index contributed by atoms with van der Waals surface area (Å²) in [4.78, 5) is 49.0. The molecule has 0 unspecified atom stereocenters. The van der Waals surface area contributed by atoms with Crippen molar-refractivity contribution in [1.82, 2.24) is 21.3 Å². The fourth-order valence-corrected chi connectivity index (χ4v) is 4.54. The summed E-state index contributed by atoms with van der Waals surface area (Å²) in [5.74, 6) is -1.12. The first-order valence-electron chi connectivity index (χ1n) is 19.9. The Labute approximate surface area is 343 Å². The highest BCUT2D eigenvalue weighted by atomic mass is 16.6. The van der Waals surface area contributed by atoms with Gasteiger partial charge in [-0.25, -0.2) is 4.79 Å². The van der Waals surface area contributed by atoms with Crippen molar-refractivity contribution in [1.29, 1.82) is 0 Å². The van der Waals surface area contributed by atoms with Crippen molar-refractivity contribution >= 4 is 23.8 Å². The van der Waals surface area contributed by atoms with Crippen LogP contribution >= 0.6 is 0 Å². The molecule has 1 aromatic carbocycles. The number of likely N-dealkylation sites (N-methyl/N-ethyl adjacent to an activating group) is 1. The number of alkyl carbamates (subject to hydrolysis) is 1.